The summed E-state index contributed by atoms with van der Waals surface area (Å²) in [7, 11) is 3.25. The molecule has 1 N–H and O–H groups in total. The molecule has 16 heavy (non-hydrogen) atoms. The molecule has 96 valence electrons. The first-order valence-electron chi connectivity index (χ1n) is 5.68. The quantitative estimate of drug-likeness (QED) is 0.578. The summed E-state index contributed by atoms with van der Waals surface area (Å²) in [6.07, 6.45) is 1.04. The van der Waals surface area contributed by atoms with E-state index in [4.69, 9.17) is 18.9 Å². The predicted molar refractivity (Wildman–Crippen MR) is 58.5 cm³/mol. The van der Waals surface area contributed by atoms with Crippen molar-refractivity contribution in [1.82, 2.24) is 0 Å². The van der Waals surface area contributed by atoms with Gasteiger partial charge < -0.3 is 24.1 Å². The maximum atomic E-state index is 9.33. The van der Waals surface area contributed by atoms with Crippen molar-refractivity contribution in [3.63, 3.8) is 0 Å². The first-order valence-corrected chi connectivity index (χ1v) is 5.68. The minimum Gasteiger partial charge on any atom is -0.390 e. The molecule has 3 unspecified atom stereocenters. The second-order valence-electron chi connectivity index (χ2n) is 3.87. The van der Waals surface area contributed by atoms with Crippen LogP contribution in [0.3, 0.4) is 0 Å². The van der Waals surface area contributed by atoms with Crippen LogP contribution < -0.4 is 0 Å². The number of hydrogen-bond acceptors (Lipinski definition) is 5. The maximum absolute atomic E-state index is 9.33. The van der Waals surface area contributed by atoms with Crippen molar-refractivity contribution < 1.29 is 24.1 Å². The Bertz CT molecular complexity index is 176. The molecule has 0 saturated heterocycles. The Morgan fingerprint density at radius 3 is 2.56 bits per heavy atom. The number of ether oxygens (including phenoxy) is 4. The van der Waals surface area contributed by atoms with Crippen molar-refractivity contribution in [2.24, 2.45) is 0 Å². The summed E-state index contributed by atoms with van der Waals surface area (Å²) in [6.45, 7) is 2.57. The van der Waals surface area contributed by atoms with Gasteiger partial charge in [0.15, 0.2) is 0 Å². The third-order valence-corrected chi connectivity index (χ3v) is 2.69. The summed E-state index contributed by atoms with van der Waals surface area (Å²) in [5.41, 5.74) is 0. The smallest absolute Gasteiger partial charge is 0.109 e. The molecule has 5 heteroatoms. The van der Waals surface area contributed by atoms with E-state index in [2.05, 4.69) is 0 Å². The molecule has 3 atom stereocenters. The molecule has 1 saturated carbocycles. The molecule has 0 amide bonds. The first kappa shape index (κ1) is 13.9. The zero-order valence-corrected chi connectivity index (χ0v) is 10.1. The minimum absolute atomic E-state index is 0.0407. The topological polar surface area (TPSA) is 57.2 Å². The molecule has 0 heterocycles. The lowest BCUT2D eigenvalue weighted by atomic mass is 9.88. The van der Waals surface area contributed by atoms with Gasteiger partial charge in [0.25, 0.3) is 0 Å². The number of aliphatic hydroxyl groups is 1. The van der Waals surface area contributed by atoms with Crippen LogP contribution in [0.2, 0.25) is 0 Å². The van der Waals surface area contributed by atoms with E-state index in [0.717, 1.165) is 6.42 Å². The Morgan fingerprint density at radius 1 is 1.12 bits per heavy atom. The van der Waals surface area contributed by atoms with E-state index in [1.54, 1.807) is 14.2 Å². The van der Waals surface area contributed by atoms with Crippen LogP contribution in [-0.2, 0) is 18.9 Å². The van der Waals surface area contributed by atoms with Crippen LogP contribution in [0, 0.1) is 0 Å². The molecule has 1 aliphatic carbocycles. The number of aliphatic hydroxyl groups excluding tert-OH is 1. The van der Waals surface area contributed by atoms with Gasteiger partial charge in [-0.15, -0.1) is 0 Å². The van der Waals surface area contributed by atoms with Gasteiger partial charge in [0, 0.05) is 33.9 Å². The summed E-state index contributed by atoms with van der Waals surface area (Å²) >= 11 is 0. The van der Waals surface area contributed by atoms with E-state index in [1.165, 1.54) is 0 Å². The Balaban J connectivity index is 1.88. The molecular formula is C11H22O5. The fraction of sp³-hybridized carbons (Fsp3) is 1.00. The van der Waals surface area contributed by atoms with E-state index in [1.807, 2.05) is 0 Å². The highest BCUT2D eigenvalue weighted by Gasteiger charge is 2.40. The summed E-state index contributed by atoms with van der Waals surface area (Å²) < 4.78 is 20.8. The van der Waals surface area contributed by atoms with Crippen molar-refractivity contribution in [1.29, 1.82) is 0 Å². The molecule has 0 aromatic rings. The molecule has 0 radical (unpaired) electrons. The van der Waals surface area contributed by atoms with Gasteiger partial charge in [-0.05, 0) is 6.42 Å². The zero-order valence-electron chi connectivity index (χ0n) is 10.1. The lowest BCUT2D eigenvalue weighted by molar-refractivity contribution is -0.182. The molecule has 0 aromatic carbocycles. The summed E-state index contributed by atoms with van der Waals surface area (Å²) in [4.78, 5) is 0. The second-order valence-corrected chi connectivity index (χ2v) is 3.87. The summed E-state index contributed by atoms with van der Waals surface area (Å²) in [5.74, 6) is 0. The van der Waals surface area contributed by atoms with Crippen molar-refractivity contribution in [2.45, 2.75) is 31.2 Å². The zero-order chi connectivity index (χ0) is 11.8. The molecule has 0 bridgehead atoms. The molecule has 1 aliphatic rings. The Labute approximate surface area is 96.6 Å². The molecule has 0 aromatic heterocycles. The van der Waals surface area contributed by atoms with E-state index >= 15 is 0 Å². The molecule has 5 nitrogen and oxygen atoms in total. The maximum Gasteiger partial charge on any atom is 0.109 e. The van der Waals surface area contributed by atoms with Gasteiger partial charge in [-0.1, -0.05) is 0 Å². The van der Waals surface area contributed by atoms with E-state index in [9.17, 15) is 5.11 Å². The fourth-order valence-corrected chi connectivity index (χ4v) is 1.67. The van der Waals surface area contributed by atoms with Crippen LogP contribution in [0.4, 0.5) is 0 Å². The van der Waals surface area contributed by atoms with Gasteiger partial charge in [0.05, 0.1) is 25.4 Å². The molecule has 0 spiro atoms. The largest absolute Gasteiger partial charge is 0.390 e. The Morgan fingerprint density at radius 2 is 1.94 bits per heavy atom. The van der Waals surface area contributed by atoms with E-state index < -0.39 is 0 Å². The van der Waals surface area contributed by atoms with Crippen molar-refractivity contribution in [2.75, 3.05) is 40.6 Å². The van der Waals surface area contributed by atoms with Crippen LogP contribution >= 0.6 is 0 Å². The standard InChI is InChI=1S/C11H22O5/c1-13-6-7-15-4-3-5-16-10-8-9(12)11(10)14-2/h9-12H,3-8H2,1-2H3. The van der Waals surface area contributed by atoms with Crippen LogP contribution in [0.1, 0.15) is 12.8 Å². The van der Waals surface area contributed by atoms with Gasteiger partial charge in [0.2, 0.25) is 0 Å². The molecule has 0 aliphatic heterocycles. The highest BCUT2D eigenvalue weighted by molar-refractivity contribution is 4.91. The van der Waals surface area contributed by atoms with Crippen molar-refractivity contribution in [3.8, 4) is 0 Å². The monoisotopic (exact) mass is 234 g/mol. The number of hydrogen-bond donors (Lipinski definition) is 1. The average molecular weight is 234 g/mol. The van der Waals surface area contributed by atoms with Gasteiger partial charge in [-0.2, -0.15) is 0 Å². The minimum atomic E-state index is -0.368. The van der Waals surface area contributed by atoms with Gasteiger partial charge in [-0.3, -0.25) is 0 Å². The first-order chi connectivity index (χ1) is 7.79. The van der Waals surface area contributed by atoms with Crippen LogP contribution in [0.25, 0.3) is 0 Å². The van der Waals surface area contributed by atoms with Crippen molar-refractivity contribution >= 4 is 0 Å². The van der Waals surface area contributed by atoms with Crippen LogP contribution in [-0.4, -0.2) is 64.1 Å². The van der Waals surface area contributed by atoms with E-state index in [0.29, 0.717) is 32.8 Å². The van der Waals surface area contributed by atoms with Gasteiger partial charge >= 0.3 is 0 Å². The molecule has 1 fully saturated rings. The van der Waals surface area contributed by atoms with Crippen LogP contribution in [0.5, 0.6) is 0 Å². The third-order valence-electron chi connectivity index (χ3n) is 2.69. The highest BCUT2D eigenvalue weighted by Crippen LogP contribution is 2.26. The third kappa shape index (κ3) is 4.35. The summed E-state index contributed by atoms with van der Waals surface area (Å²) in [6, 6.07) is 0. The lowest BCUT2D eigenvalue weighted by Crippen LogP contribution is -2.53. The van der Waals surface area contributed by atoms with E-state index in [-0.39, 0.29) is 18.3 Å². The fourth-order valence-electron chi connectivity index (χ4n) is 1.67. The lowest BCUT2D eigenvalue weighted by Gasteiger charge is -2.39. The van der Waals surface area contributed by atoms with Gasteiger partial charge in [0.1, 0.15) is 6.10 Å². The highest BCUT2D eigenvalue weighted by atomic mass is 16.6. The Kier molecular flexibility index (Phi) is 6.91. The normalized spacial score (nSPS) is 29.1. The summed E-state index contributed by atoms with van der Waals surface area (Å²) in [5, 5.41) is 9.33. The van der Waals surface area contributed by atoms with Gasteiger partial charge in [-0.25, -0.2) is 0 Å². The van der Waals surface area contributed by atoms with Crippen LogP contribution in [0.15, 0.2) is 0 Å². The van der Waals surface area contributed by atoms with Crippen molar-refractivity contribution in [3.05, 3.63) is 0 Å². The average Bonchev–Trinajstić information content (AvgIpc) is 2.26. The SMILES string of the molecule is COCCOCCCOC1CC(O)C1OC. The molecular weight excluding hydrogens is 212 g/mol. The predicted octanol–water partition coefficient (Wildman–Crippen LogP) is 0.204. The second kappa shape index (κ2) is 7.97. The number of methoxy groups -OCH3 is 2. The number of rotatable bonds is 9. The Hall–Kier alpha value is -0.200. The molecule has 1 rings (SSSR count).